The molecule has 3 rings (SSSR count). The van der Waals surface area contributed by atoms with Crippen LogP contribution in [0.15, 0.2) is 54.7 Å². The first-order valence-electron chi connectivity index (χ1n) is 7.63. The minimum absolute atomic E-state index is 0.248. The Morgan fingerprint density at radius 3 is 2.58 bits per heavy atom. The van der Waals surface area contributed by atoms with Crippen LogP contribution in [0.4, 0.5) is 5.13 Å². The number of thiazole rings is 1. The van der Waals surface area contributed by atoms with E-state index in [0.29, 0.717) is 26.6 Å². The molecule has 132 valence electrons. The second-order valence-electron chi connectivity index (χ2n) is 5.42. The number of rotatable bonds is 5. The zero-order chi connectivity index (χ0) is 18.5. The minimum atomic E-state index is -0.248. The Bertz CT molecular complexity index is 952. The maximum Gasteiger partial charge on any atom is 0.250 e. The molecule has 0 atom stereocenters. The van der Waals surface area contributed by atoms with E-state index < -0.39 is 0 Å². The largest absolute Gasteiger partial charge is 0.298 e. The van der Waals surface area contributed by atoms with Crippen LogP contribution in [0.5, 0.6) is 0 Å². The predicted molar refractivity (Wildman–Crippen MR) is 110 cm³/mol. The smallest absolute Gasteiger partial charge is 0.250 e. The fourth-order valence-electron chi connectivity index (χ4n) is 2.21. The number of nitrogens with one attached hydrogen (secondary N) is 1. The monoisotopic (exact) mass is 422 g/mol. The van der Waals surface area contributed by atoms with E-state index >= 15 is 0 Å². The molecule has 0 bridgehead atoms. The second-order valence-corrected chi connectivity index (χ2v) is 7.81. The summed E-state index contributed by atoms with van der Waals surface area (Å²) in [6, 6.07) is 12.6. The van der Waals surface area contributed by atoms with Crippen LogP contribution >= 0.6 is 46.1 Å². The molecule has 0 fully saturated rings. The molecule has 1 aromatic heterocycles. The van der Waals surface area contributed by atoms with Crippen LogP contribution in [-0.4, -0.2) is 10.9 Å². The normalized spacial score (nSPS) is 11.0. The van der Waals surface area contributed by atoms with Gasteiger partial charge < -0.3 is 0 Å². The van der Waals surface area contributed by atoms with Gasteiger partial charge >= 0.3 is 0 Å². The maximum atomic E-state index is 12.0. The highest BCUT2D eigenvalue weighted by atomic mass is 35.5. The number of hydrogen-bond donors (Lipinski definition) is 1. The Kier molecular flexibility index (Phi) is 6.33. The standard InChI is InChI=1S/C19H13Cl3N2OS/c20-14-4-1-12(2-5-14)3-8-18(25)24-19-23-11-16(26-19)10-13-9-15(21)6-7-17(13)22/h1-9,11H,10H2,(H,23,24,25)/b8-3+. The van der Waals surface area contributed by atoms with E-state index in [-0.39, 0.29) is 5.91 Å². The van der Waals surface area contributed by atoms with Crippen molar-refractivity contribution in [3.8, 4) is 0 Å². The summed E-state index contributed by atoms with van der Waals surface area (Å²) < 4.78 is 0. The van der Waals surface area contributed by atoms with Gasteiger partial charge in [-0.15, -0.1) is 11.3 Å². The quantitative estimate of drug-likeness (QED) is 0.486. The summed E-state index contributed by atoms with van der Waals surface area (Å²) in [5.74, 6) is -0.248. The first-order valence-corrected chi connectivity index (χ1v) is 9.58. The number of nitrogens with zero attached hydrogens (tertiary/aromatic N) is 1. The van der Waals surface area contributed by atoms with Crippen molar-refractivity contribution >= 4 is 63.3 Å². The van der Waals surface area contributed by atoms with Crippen LogP contribution in [0.3, 0.4) is 0 Å². The molecular weight excluding hydrogens is 411 g/mol. The van der Waals surface area contributed by atoms with Gasteiger partial charge in [0.1, 0.15) is 0 Å². The lowest BCUT2D eigenvalue weighted by Gasteiger charge is -2.02. The first kappa shape index (κ1) is 18.9. The van der Waals surface area contributed by atoms with Gasteiger partial charge in [-0.3, -0.25) is 10.1 Å². The molecule has 1 N–H and O–H groups in total. The van der Waals surface area contributed by atoms with Crippen molar-refractivity contribution in [2.75, 3.05) is 5.32 Å². The Morgan fingerprint density at radius 2 is 1.81 bits per heavy atom. The molecule has 0 saturated carbocycles. The van der Waals surface area contributed by atoms with Gasteiger partial charge in [0.25, 0.3) is 0 Å². The van der Waals surface area contributed by atoms with Gasteiger partial charge in [0.05, 0.1) is 0 Å². The van der Waals surface area contributed by atoms with Crippen molar-refractivity contribution in [3.63, 3.8) is 0 Å². The first-order chi connectivity index (χ1) is 12.5. The van der Waals surface area contributed by atoms with Crippen molar-refractivity contribution in [2.45, 2.75) is 6.42 Å². The topological polar surface area (TPSA) is 42.0 Å². The maximum absolute atomic E-state index is 12.0. The Hall–Kier alpha value is -1.85. The number of anilines is 1. The molecule has 2 aromatic carbocycles. The summed E-state index contributed by atoms with van der Waals surface area (Å²) in [5.41, 5.74) is 1.81. The summed E-state index contributed by atoms with van der Waals surface area (Å²) in [6.07, 6.45) is 5.50. The van der Waals surface area contributed by atoms with Crippen molar-refractivity contribution in [2.24, 2.45) is 0 Å². The van der Waals surface area contributed by atoms with Gasteiger partial charge in [0.2, 0.25) is 5.91 Å². The number of carbonyl (C=O) groups excluding carboxylic acids is 1. The number of hydrogen-bond acceptors (Lipinski definition) is 3. The van der Waals surface area contributed by atoms with Crippen LogP contribution in [0.1, 0.15) is 16.0 Å². The van der Waals surface area contributed by atoms with E-state index in [1.807, 2.05) is 18.2 Å². The molecule has 3 aromatic rings. The number of carbonyl (C=O) groups is 1. The predicted octanol–water partition coefficient (Wildman–Crippen LogP) is 6.35. The van der Waals surface area contributed by atoms with Crippen molar-refractivity contribution in [1.29, 1.82) is 0 Å². The molecule has 0 spiro atoms. The van der Waals surface area contributed by atoms with Crippen LogP contribution in [0.25, 0.3) is 6.08 Å². The van der Waals surface area contributed by atoms with Gasteiger partial charge in [0, 0.05) is 38.6 Å². The van der Waals surface area contributed by atoms with Crippen LogP contribution < -0.4 is 5.32 Å². The third kappa shape index (κ3) is 5.32. The number of benzene rings is 2. The summed E-state index contributed by atoms with van der Waals surface area (Å²) in [4.78, 5) is 17.2. The zero-order valence-corrected chi connectivity index (χ0v) is 16.5. The lowest BCUT2D eigenvalue weighted by atomic mass is 10.1. The van der Waals surface area contributed by atoms with Gasteiger partial charge in [-0.25, -0.2) is 4.98 Å². The van der Waals surface area contributed by atoms with Gasteiger partial charge in [-0.05, 0) is 47.5 Å². The molecule has 0 aliphatic carbocycles. The van der Waals surface area contributed by atoms with Crippen LogP contribution in [0, 0.1) is 0 Å². The van der Waals surface area contributed by atoms with Gasteiger partial charge in [-0.2, -0.15) is 0 Å². The zero-order valence-electron chi connectivity index (χ0n) is 13.4. The average Bonchev–Trinajstić information content (AvgIpc) is 3.04. The Labute approximate surface area is 170 Å². The SMILES string of the molecule is O=C(/C=C/c1ccc(Cl)cc1)Nc1ncc(Cc2cc(Cl)ccc2Cl)s1. The number of amides is 1. The lowest BCUT2D eigenvalue weighted by Crippen LogP contribution is -2.07. The third-order valence-corrected chi connectivity index (χ3v) is 5.22. The van der Waals surface area contributed by atoms with E-state index in [9.17, 15) is 4.79 Å². The lowest BCUT2D eigenvalue weighted by molar-refractivity contribution is -0.111. The molecule has 1 heterocycles. The molecule has 1 amide bonds. The third-order valence-electron chi connectivity index (χ3n) is 3.45. The van der Waals surface area contributed by atoms with Gasteiger partial charge in [-0.1, -0.05) is 46.9 Å². The molecule has 7 heteroatoms. The molecule has 0 saturated heterocycles. The highest BCUT2D eigenvalue weighted by Gasteiger charge is 2.08. The van der Waals surface area contributed by atoms with Gasteiger partial charge in [0.15, 0.2) is 5.13 Å². The minimum Gasteiger partial charge on any atom is -0.298 e. The molecule has 0 aliphatic rings. The molecule has 26 heavy (non-hydrogen) atoms. The molecule has 0 unspecified atom stereocenters. The van der Waals surface area contributed by atoms with E-state index in [1.165, 1.54) is 17.4 Å². The van der Waals surface area contributed by atoms with E-state index in [4.69, 9.17) is 34.8 Å². The Morgan fingerprint density at radius 1 is 1.08 bits per heavy atom. The number of halogens is 3. The highest BCUT2D eigenvalue weighted by molar-refractivity contribution is 7.15. The van der Waals surface area contributed by atoms with E-state index in [2.05, 4.69) is 10.3 Å². The van der Waals surface area contributed by atoms with Crippen LogP contribution in [0.2, 0.25) is 15.1 Å². The molecule has 3 nitrogen and oxygen atoms in total. The second kappa shape index (κ2) is 8.69. The van der Waals surface area contributed by atoms with Crippen molar-refractivity contribution in [3.05, 3.63) is 85.8 Å². The summed E-state index contributed by atoms with van der Waals surface area (Å²) in [7, 11) is 0. The highest BCUT2D eigenvalue weighted by Crippen LogP contribution is 2.27. The summed E-state index contributed by atoms with van der Waals surface area (Å²) >= 11 is 19.4. The fourth-order valence-corrected chi connectivity index (χ4v) is 3.55. The summed E-state index contributed by atoms with van der Waals surface area (Å²) in [5, 5.41) is 5.22. The fraction of sp³-hybridized carbons (Fsp3) is 0.0526. The number of aromatic nitrogens is 1. The van der Waals surface area contributed by atoms with E-state index in [1.54, 1.807) is 36.5 Å². The Balaban J connectivity index is 1.61. The van der Waals surface area contributed by atoms with Crippen LogP contribution in [-0.2, 0) is 11.2 Å². The van der Waals surface area contributed by atoms with E-state index in [0.717, 1.165) is 16.0 Å². The van der Waals surface area contributed by atoms with Crippen molar-refractivity contribution in [1.82, 2.24) is 4.98 Å². The average molecular weight is 424 g/mol. The summed E-state index contributed by atoms with van der Waals surface area (Å²) in [6.45, 7) is 0. The van der Waals surface area contributed by atoms with Crippen molar-refractivity contribution < 1.29 is 4.79 Å². The molecule has 0 aliphatic heterocycles. The molecule has 0 radical (unpaired) electrons. The molecular formula is C19H13Cl3N2OS.